The summed E-state index contributed by atoms with van der Waals surface area (Å²) in [6, 6.07) is 9.77. The Kier molecular flexibility index (Phi) is 6.43. The van der Waals surface area contributed by atoms with Crippen molar-refractivity contribution in [2.45, 2.75) is 18.2 Å². The van der Waals surface area contributed by atoms with Crippen molar-refractivity contribution in [3.05, 3.63) is 64.7 Å². The number of aromatic nitrogens is 1. The molecule has 0 radical (unpaired) electrons. The molecule has 0 aliphatic carbocycles. The van der Waals surface area contributed by atoms with Crippen LogP contribution in [0.4, 0.5) is 0 Å². The van der Waals surface area contributed by atoms with E-state index in [0.29, 0.717) is 17.9 Å². The lowest BCUT2D eigenvalue weighted by molar-refractivity contribution is 0.220. The van der Waals surface area contributed by atoms with Gasteiger partial charge in [0.05, 0.1) is 11.1 Å². The number of aryl methyl sites for hydroxylation is 1. The number of rotatable bonds is 8. The lowest BCUT2D eigenvalue weighted by Crippen LogP contribution is -2.13. The highest BCUT2D eigenvalue weighted by atomic mass is 32.2. The van der Waals surface area contributed by atoms with Gasteiger partial charge in [0.2, 0.25) is 11.5 Å². The van der Waals surface area contributed by atoms with E-state index >= 15 is 0 Å². The number of nitrogens with zero attached hydrogens (tertiary/aromatic N) is 1. The normalized spacial score (nSPS) is 12.2. The van der Waals surface area contributed by atoms with E-state index in [-0.39, 0.29) is 40.4 Å². The predicted octanol–water partition coefficient (Wildman–Crippen LogP) is 1.61. The molecule has 0 aliphatic heterocycles. The summed E-state index contributed by atoms with van der Waals surface area (Å²) in [7, 11) is -3.83. The minimum absolute atomic E-state index is 0.0120. The molecule has 0 saturated carbocycles. The van der Waals surface area contributed by atoms with Gasteiger partial charge in [-0.15, -0.1) is 0 Å². The van der Waals surface area contributed by atoms with E-state index in [0.717, 1.165) is 5.56 Å². The quantitative estimate of drug-likeness (QED) is 0.408. The van der Waals surface area contributed by atoms with Gasteiger partial charge in [-0.3, -0.25) is 9.17 Å². The van der Waals surface area contributed by atoms with Gasteiger partial charge in [0.25, 0.3) is 10.1 Å². The summed E-state index contributed by atoms with van der Waals surface area (Å²) in [6.07, 6.45) is 3.40. The number of pyridine rings is 1. The summed E-state index contributed by atoms with van der Waals surface area (Å²) in [6.45, 7) is 5.22. The molecule has 0 atom stereocenters. The summed E-state index contributed by atoms with van der Waals surface area (Å²) in [4.78, 5) is 4.31. The van der Waals surface area contributed by atoms with Gasteiger partial charge < -0.3 is 19.4 Å². The second-order valence-corrected chi connectivity index (χ2v) is 8.03. The molecule has 2 N–H and O–H groups in total. The minimum Gasteiger partial charge on any atom is -0.502 e. The zero-order valence-electron chi connectivity index (χ0n) is 16.2. The maximum Gasteiger partial charge on any atom is 0.297 e. The Morgan fingerprint density at radius 2 is 1.83 bits per heavy atom. The molecule has 2 heterocycles. The fourth-order valence-corrected chi connectivity index (χ4v) is 3.40. The molecule has 0 bridgehead atoms. The van der Waals surface area contributed by atoms with Crippen molar-refractivity contribution < 1.29 is 32.0 Å². The predicted molar refractivity (Wildman–Crippen MR) is 109 cm³/mol. The number of benzene rings is 1. The minimum atomic E-state index is -3.83. The second-order valence-electron chi connectivity index (χ2n) is 6.42. The molecule has 0 fully saturated rings. The second kappa shape index (κ2) is 9.02. The van der Waals surface area contributed by atoms with E-state index in [1.54, 1.807) is 30.3 Å². The van der Waals surface area contributed by atoms with E-state index in [1.165, 1.54) is 18.3 Å². The van der Waals surface area contributed by atoms with E-state index in [1.807, 2.05) is 6.92 Å². The molecule has 1 aromatic carbocycles. The van der Waals surface area contributed by atoms with E-state index in [4.69, 9.17) is 13.3 Å². The Labute approximate surface area is 173 Å². The summed E-state index contributed by atoms with van der Waals surface area (Å²) in [5, 5.41) is 19.2. The van der Waals surface area contributed by atoms with Crippen LogP contribution in [-0.2, 0) is 20.7 Å². The average molecular weight is 431 g/mol. The molecular formula is C21H21NO7S. The maximum atomic E-state index is 12.1. The Morgan fingerprint density at radius 1 is 1.10 bits per heavy atom. The zero-order chi connectivity index (χ0) is 21.7. The fourth-order valence-electron chi connectivity index (χ4n) is 2.51. The third kappa shape index (κ3) is 5.19. The molecule has 8 nitrogen and oxygen atoms in total. The number of ether oxygens (including phenoxy) is 1. The van der Waals surface area contributed by atoms with Crippen molar-refractivity contribution in [2.24, 2.45) is 0 Å². The number of aromatic hydroxyl groups is 2. The molecule has 158 valence electrons. The van der Waals surface area contributed by atoms with Gasteiger partial charge in [-0.2, -0.15) is 8.42 Å². The third-order valence-electron chi connectivity index (χ3n) is 4.15. The first-order valence-electron chi connectivity index (χ1n) is 9.00. The van der Waals surface area contributed by atoms with E-state index in [2.05, 4.69) is 11.6 Å². The first-order valence-corrected chi connectivity index (χ1v) is 10.4. The SMILES string of the molecule is C=c1o/c(=C/Cc2ccc(OCCOS(=O)(=O)c3ccc(C)cc3)cn2)c(O)c1O. The summed E-state index contributed by atoms with van der Waals surface area (Å²) >= 11 is 0. The maximum absolute atomic E-state index is 12.1. The summed E-state index contributed by atoms with van der Waals surface area (Å²) < 4.78 is 39.8. The highest BCUT2D eigenvalue weighted by Crippen LogP contribution is 2.15. The molecular weight excluding hydrogens is 410 g/mol. The van der Waals surface area contributed by atoms with Crippen LogP contribution in [0.3, 0.4) is 0 Å². The van der Waals surface area contributed by atoms with Gasteiger partial charge in [0.15, 0.2) is 10.8 Å². The lowest BCUT2D eigenvalue weighted by Gasteiger charge is -2.08. The molecule has 0 unspecified atom stereocenters. The number of furan rings is 1. The average Bonchev–Trinajstić information content (AvgIpc) is 2.97. The first kappa shape index (κ1) is 21.4. The van der Waals surface area contributed by atoms with Crippen LogP contribution < -0.4 is 15.6 Å². The Morgan fingerprint density at radius 3 is 2.43 bits per heavy atom. The molecule has 0 amide bonds. The van der Waals surface area contributed by atoms with Gasteiger partial charge in [0, 0.05) is 12.1 Å². The van der Waals surface area contributed by atoms with Crippen molar-refractivity contribution in [3.8, 4) is 17.2 Å². The molecule has 30 heavy (non-hydrogen) atoms. The largest absolute Gasteiger partial charge is 0.502 e. The van der Waals surface area contributed by atoms with Crippen LogP contribution in [0, 0.1) is 6.92 Å². The topological polar surface area (TPSA) is 119 Å². The summed E-state index contributed by atoms with van der Waals surface area (Å²) in [5.41, 5.74) is 1.73. The van der Waals surface area contributed by atoms with Gasteiger partial charge in [0.1, 0.15) is 19.0 Å². The Hall–Kier alpha value is -3.30. The van der Waals surface area contributed by atoms with Gasteiger partial charge in [-0.05, 0) is 37.3 Å². The highest BCUT2D eigenvalue weighted by Gasteiger charge is 2.14. The Bertz CT molecular complexity index is 1210. The van der Waals surface area contributed by atoms with Crippen LogP contribution in [0.5, 0.6) is 17.2 Å². The molecule has 3 rings (SSSR count). The van der Waals surface area contributed by atoms with Crippen LogP contribution >= 0.6 is 0 Å². The third-order valence-corrected chi connectivity index (χ3v) is 5.48. The first-order chi connectivity index (χ1) is 14.3. The molecule has 9 heteroatoms. The smallest absolute Gasteiger partial charge is 0.297 e. The number of hydrogen-bond donors (Lipinski definition) is 2. The van der Waals surface area contributed by atoms with Crippen molar-refractivity contribution in [2.75, 3.05) is 13.2 Å². The van der Waals surface area contributed by atoms with Crippen LogP contribution in [-0.4, -0.2) is 36.8 Å². The molecule has 0 saturated heterocycles. The van der Waals surface area contributed by atoms with Gasteiger partial charge in [-0.1, -0.05) is 24.3 Å². The van der Waals surface area contributed by atoms with Gasteiger partial charge >= 0.3 is 0 Å². The van der Waals surface area contributed by atoms with E-state index in [9.17, 15) is 18.6 Å². The number of hydrogen-bond acceptors (Lipinski definition) is 8. The lowest BCUT2D eigenvalue weighted by atomic mass is 10.2. The van der Waals surface area contributed by atoms with Crippen LogP contribution in [0.15, 0.2) is 51.9 Å². The van der Waals surface area contributed by atoms with Crippen LogP contribution in [0.1, 0.15) is 11.3 Å². The molecule has 0 aliphatic rings. The van der Waals surface area contributed by atoms with E-state index < -0.39 is 10.1 Å². The molecule has 0 spiro atoms. The van der Waals surface area contributed by atoms with Crippen molar-refractivity contribution in [3.63, 3.8) is 0 Å². The van der Waals surface area contributed by atoms with Crippen molar-refractivity contribution in [1.29, 1.82) is 0 Å². The molecule has 3 aromatic rings. The van der Waals surface area contributed by atoms with Crippen LogP contribution in [0.2, 0.25) is 0 Å². The molecule has 2 aromatic heterocycles. The fraction of sp³-hybridized carbons (Fsp3) is 0.190. The van der Waals surface area contributed by atoms with Crippen LogP contribution in [0.25, 0.3) is 12.7 Å². The standard InChI is InChI=1S/C21H21NO7S/c1-14-3-8-18(9-4-14)30(25,26)28-12-11-27-17-7-5-16(22-13-17)6-10-19-21(24)20(23)15(2)29-19/h3-5,7-10,13,23-24H,2,6,11-12H2,1H3/b19-10+. The van der Waals surface area contributed by atoms with Crippen molar-refractivity contribution in [1.82, 2.24) is 4.98 Å². The zero-order valence-corrected chi connectivity index (χ0v) is 17.1. The van der Waals surface area contributed by atoms with Gasteiger partial charge in [-0.25, -0.2) is 0 Å². The summed E-state index contributed by atoms with van der Waals surface area (Å²) in [5.74, 6) is -0.293. The Balaban J connectivity index is 1.50. The highest BCUT2D eigenvalue weighted by molar-refractivity contribution is 7.86. The monoisotopic (exact) mass is 431 g/mol. The van der Waals surface area contributed by atoms with Crippen molar-refractivity contribution >= 4 is 22.8 Å².